The summed E-state index contributed by atoms with van der Waals surface area (Å²) in [5.74, 6) is -0.0599. The minimum atomic E-state index is -0.413. The van der Waals surface area contributed by atoms with E-state index in [2.05, 4.69) is 0 Å². The van der Waals surface area contributed by atoms with Gasteiger partial charge in [0.05, 0.1) is 0 Å². The Morgan fingerprint density at radius 1 is 1.22 bits per heavy atom. The van der Waals surface area contributed by atoms with Gasteiger partial charge >= 0.3 is 5.97 Å². The lowest BCUT2D eigenvalue weighted by Gasteiger charge is -2.21. The molecule has 18 heavy (non-hydrogen) atoms. The number of nitrogens with zero attached hydrogens (tertiary/aromatic N) is 1. The number of hydrogen-bond acceptors (Lipinski definition) is 4. The molecule has 1 aromatic rings. The predicted octanol–water partition coefficient (Wildman–Crippen LogP) is 2.28. The van der Waals surface area contributed by atoms with E-state index < -0.39 is 5.97 Å². The summed E-state index contributed by atoms with van der Waals surface area (Å²) in [5, 5.41) is 0. The lowest BCUT2D eigenvalue weighted by Crippen LogP contribution is -2.20. The van der Waals surface area contributed by atoms with Crippen LogP contribution in [-0.2, 0) is 14.3 Å². The molecule has 0 aliphatic carbocycles. The molecule has 0 radical (unpaired) electrons. The molecule has 0 aliphatic heterocycles. The Morgan fingerprint density at radius 3 is 2.44 bits per heavy atom. The third-order valence-corrected chi connectivity index (χ3v) is 2.15. The number of ether oxygens (including phenoxy) is 1. The average Bonchev–Trinajstić information content (AvgIpc) is 2.37. The zero-order valence-corrected chi connectivity index (χ0v) is 10.4. The highest BCUT2D eigenvalue weighted by molar-refractivity contribution is 5.69. The van der Waals surface area contributed by atoms with E-state index in [0.717, 1.165) is 5.69 Å². The van der Waals surface area contributed by atoms with Gasteiger partial charge in [0.2, 0.25) is 5.88 Å². The molecule has 1 aromatic carbocycles. The minimum absolute atomic E-state index is 0.354. The van der Waals surface area contributed by atoms with Gasteiger partial charge in [0.25, 0.3) is 0 Å². The summed E-state index contributed by atoms with van der Waals surface area (Å²) in [6, 6.07) is 9.46. The van der Waals surface area contributed by atoms with Crippen LogP contribution in [0.1, 0.15) is 6.92 Å². The molecule has 0 bridgehead atoms. The van der Waals surface area contributed by atoms with Crippen molar-refractivity contribution in [3.05, 3.63) is 54.4 Å². The van der Waals surface area contributed by atoms with Crippen LogP contribution in [0.5, 0.6) is 0 Å². The standard InChI is InChI=1S/C14H15NO3/c1-12(17)18-14(10-6-7-11-16)15(2)13-8-4-3-5-9-13/h3-11H,1-2H3/b7-6-,14-10-. The Bertz CT molecular complexity index is 463. The van der Waals surface area contributed by atoms with Gasteiger partial charge in [-0.3, -0.25) is 9.59 Å². The second-order valence-corrected chi connectivity index (χ2v) is 3.51. The van der Waals surface area contributed by atoms with Gasteiger partial charge in [0.15, 0.2) is 0 Å². The monoisotopic (exact) mass is 245 g/mol. The molecule has 0 aromatic heterocycles. The van der Waals surface area contributed by atoms with E-state index in [-0.39, 0.29) is 0 Å². The highest BCUT2D eigenvalue weighted by Crippen LogP contribution is 2.17. The summed E-state index contributed by atoms with van der Waals surface area (Å²) in [6.45, 7) is 1.33. The van der Waals surface area contributed by atoms with E-state index in [1.165, 1.54) is 19.1 Å². The summed E-state index contributed by atoms with van der Waals surface area (Å²) in [4.78, 5) is 23.0. The first-order valence-electron chi connectivity index (χ1n) is 5.44. The zero-order valence-electron chi connectivity index (χ0n) is 10.4. The van der Waals surface area contributed by atoms with Crippen molar-refractivity contribution in [2.24, 2.45) is 0 Å². The highest BCUT2D eigenvalue weighted by Gasteiger charge is 2.09. The van der Waals surface area contributed by atoms with Crippen LogP contribution in [0.2, 0.25) is 0 Å². The highest BCUT2D eigenvalue weighted by atomic mass is 16.5. The van der Waals surface area contributed by atoms with Gasteiger partial charge in [0.1, 0.15) is 6.29 Å². The van der Waals surface area contributed by atoms with Crippen LogP contribution in [0.4, 0.5) is 5.69 Å². The predicted molar refractivity (Wildman–Crippen MR) is 69.9 cm³/mol. The summed E-state index contributed by atoms with van der Waals surface area (Å²) in [6.07, 6.45) is 5.06. The van der Waals surface area contributed by atoms with Crippen molar-refractivity contribution >= 4 is 17.9 Å². The topological polar surface area (TPSA) is 46.6 Å². The Kier molecular flexibility index (Phi) is 5.38. The van der Waals surface area contributed by atoms with Gasteiger partial charge in [-0.25, -0.2) is 0 Å². The summed E-state index contributed by atoms with van der Waals surface area (Å²) < 4.78 is 5.09. The molecule has 0 heterocycles. The van der Waals surface area contributed by atoms with Crippen molar-refractivity contribution in [1.29, 1.82) is 0 Å². The first-order chi connectivity index (χ1) is 8.65. The van der Waals surface area contributed by atoms with Crippen LogP contribution in [0.25, 0.3) is 0 Å². The third-order valence-electron chi connectivity index (χ3n) is 2.15. The summed E-state index contributed by atoms with van der Waals surface area (Å²) >= 11 is 0. The largest absolute Gasteiger partial charge is 0.409 e. The number of anilines is 1. The number of esters is 1. The van der Waals surface area contributed by atoms with Gasteiger partial charge in [0, 0.05) is 19.7 Å². The number of para-hydroxylation sites is 1. The molecule has 4 heteroatoms. The minimum Gasteiger partial charge on any atom is -0.409 e. The van der Waals surface area contributed by atoms with E-state index in [0.29, 0.717) is 12.2 Å². The van der Waals surface area contributed by atoms with E-state index in [1.807, 2.05) is 30.3 Å². The Balaban J connectivity index is 2.95. The van der Waals surface area contributed by atoms with Gasteiger partial charge < -0.3 is 9.64 Å². The number of rotatable bonds is 5. The zero-order chi connectivity index (χ0) is 13.4. The van der Waals surface area contributed by atoms with Crippen LogP contribution in [0, 0.1) is 0 Å². The number of hydrogen-bond donors (Lipinski definition) is 0. The quantitative estimate of drug-likeness (QED) is 0.262. The molecule has 0 aliphatic rings. The van der Waals surface area contributed by atoms with Gasteiger partial charge in [-0.15, -0.1) is 0 Å². The number of aldehydes is 1. The van der Waals surface area contributed by atoms with Crippen molar-refractivity contribution in [3.8, 4) is 0 Å². The molecule has 0 amide bonds. The molecule has 4 nitrogen and oxygen atoms in total. The number of benzene rings is 1. The van der Waals surface area contributed by atoms with Gasteiger partial charge in [-0.1, -0.05) is 24.3 Å². The molecule has 94 valence electrons. The van der Waals surface area contributed by atoms with Gasteiger partial charge in [-0.2, -0.15) is 0 Å². The second kappa shape index (κ2) is 7.06. The van der Waals surface area contributed by atoms with E-state index in [9.17, 15) is 9.59 Å². The molecule has 0 unspecified atom stereocenters. The lowest BCUT2D eigenvalue weighted by molar-refractivity contribution is -0.137. The fourth-order valence-electron chi connectivity index (χ4n) is 1.32. The molecule has 0 saturated carbocycles. The van der Waals surface area contributed by atoms with E-state index in [1.54, 1.807) is 18.0 Å². The number of carbonyl (C=O) groups is 2. The molecule has 0 spiro atoms. The van der Waals surface area contributed by atoms with Crippen molar-refractivity contribution in [2.45, 2.75) is 6.92 Å². The number of carbonyl (C=O) groups excluding carboxylic acids is 2. The maximum Gasteiger partial charge on any atom is 0.309 e. The van der Waals surface area contributed by atoms with Crippen molar-refractivity contribution in [3.63, 3.8) is 0 Å². The molecule has 1 rings (SSSR count). The molecule has 0 N–H and O–H groups in total. The average molecular weight is 245 g/mol. The lowest BCUT2D eigenvalue weighted by atomic mass is 10.3. The Hall–Kier alpha value is -2.36. The second-order valence-electron chi connectivity index (χ2n) is 3.51. The summed E-state index contributed by atoms with van der Waals surface area (Å²) in [5.41, 5.74) is 0.879. The third kappa shape index (κ3) is 4.25. The fraction of sp³-hybridized carbons (Fsp3) is 0.143. The van der Waals surface area contributed by atoms with Crippen LogP contribution < -0.4 is 4.90 Å². The first-order valence-corrected chi connectivity index (χ1v) is 5.44. The van der Waals surface area contributed by atoms with Gasteiger partial charge in [-0.05, 0) is 24.3 Å². The molecular formula is C14H15NO3. The normalized spacial score (nSPS) is 11.3. The van der Waals surface area contributed by atoms with E-state index in [4.69, 9.17) is 4.74 Å². The van der Waals surface area contributed by atoms with Crippen molar-refractivity contribution in [1.82, 2.24) is 0 Å². The number of allylic oxidation sites excluding steroid dienone is 3. The molecular weight excluding hydrogens is 230 g/mol. The maximum atomic E-state index is 11.0. The first kappa shape index (κ1) is 13.7. The van der Waals surface area contributed by atoms with E-state index >= 15 is 0 Å². The Morgan fingerprint density at radius 2 is 1.89 bits per heavy atom. The van der Waals surface area contributed by atoms with Crippen LogP contribution in [0.15, 0.2) is 54.4 Å². The van der Waals surface area contributed by atoms with Crippen molar-refractivity contribution < 1.29 is 14.3 Å². The SMILES string of the molecule is CC(=O)O/C(=C\C=C/C=O)N(C)c1ccccc1. The molecule has 0 saturated heterocycles. The molecule has 0 fully saturated rings. The van der Waals surface area contributed by atoms with Crippen LogP contribution in [0.3, 0.4) is 0 Å². The Labute approximate surface area is 106 Å². The van der Waals surface area contributed by atoms with Crippen molar-refractivity contribution in [2.75, 3.05) is 11.9 Å². The summed E-state index contributed by atoms with van der Waals surface area (Å²) in [7, 11) is 1.78. The van der Waals surface area contributed by atoms with Crippen LogP contribution >= 0.6 is 0 Å². The smallest absolute Gasteiger partial charge is 0.309 e. The molecule has 0 atom stereocenters. The maximum absolute atomic E-state index is 11.0. The van der Waals surface area contributed by atoms with Crippen LogP contribution in [-0.4, -0.2) is 19.3 Å². The fourth-order valence-corrected chi connectivity index (χ4v) is 1.32.